The van der Waals surface area contributed by atoms with Crippen LogP contribution in [0.2, 0.25) is 0 Å². The second kappa shape index (κ2) is 4.50. The fraction of sp³-hybridized carbons (Fsp3) is 0.111. The van der Waals surface area contributed by atoms with Crippen molar-refractivity contribution in [1.29, 1.82) is 0 Å². The zero-order valence-corrected chi connectivity index (χ0v) is 8.04. The number of guanidine groups is 1. The number of benzene rings is 1. The number of hydrogen-bond donors (Lipinski definition) is 2. The maximum absolute atomic E-state index is 13.0. The number of nitrogens with two attached hydrogens (primary N) is 2. The van der Waals surface area contributed by atoms with Gasteiger partial charge in [0.1, 0.15) is 11.6 Å². The van der Waals surface area contributed by atoms with Crippen LogP contribution in [0.25, 0.3) is 0 Å². The molecule has 0 saturated heterocycles. The van der Waals surface area contributed by atoms with E-state index < -0.39 is 11.6 Å². The summed E-state index contributed by atoms with van der Waals surface area (Å²) < 4.78 is 25.8. The van der Waals surface area contributed by atoms with Crippen molar-refractivity contribution in [3.8, 4) is 0 Å². The lowest BCUT2D eigenvalue weighted by Crippen LogP contribution is -2.21. The molecule has 0 atom stereocenters. The zero-order chi connectivity index (χ0) is 11.4. The van der Waals surface area contributed by atoms with Crippen LogP contribution in [0.15, 0.2) is 22.3 Å². The number of halogens is 2. The second-order valence-corrected chi connectivity index (χ2v) is 2.87. The first-order valence-electron chi connectivity index (χ1n) is 4.08. The Morgan fingerprint density at radius 1 is 1.33 bits per heavy atom. The lowest BCUT2D eigenvalue weighted by molar-refractivity contribution is 0.577. The number of nitrogens with zero attached hydrogens (tertiary/aromatic N) is 2. The summed E-state index contributed by atoms with van der Waals surface area (Å²) in [6.07, 6.45) is 1.18. The van der Waals surface area contributed by atoms with E-state index in [0.29, 0.717) is 0 Å². The molecule has 0 aliphatic rings. The lowest BCUT2D eigenvalue weighted by Gasteiger charge is -2.00. The molecule has 4 nitrogen and oxygen atoms in total. The predicted molar refractivity (Wildman–Crippen MR) is 54.5 cm³/mol. The van der Waals surface area contributed by atoms with E-state index in [2.05, 4.69) is 10.2 Å². The monoisotopic (exact) mass is 212 g/mol. The molecular weight excluding hydrogens is 202 g/mol. The molecule has 6 heteroatoms. The lowest BCUT2D eigenvalue weighted by atomic mass is 10.1. The molecule has 0 fully saturated rings. The molecule has 0 amide bonds. The second-order valence-electron chi connectivity index (χ2n) is 2.87. The van der Waals surface area contributed by atoms with Gasteiger partial charge in [-0.15, -0.1) is 5.10 Å². The maximum atomic E-state index is 13.0. The minimum atomic E-state index is -0.677. The van der Waals surface area contributed by atoms with Crippen molar-refractivity contribution in [1.82, 2.24) is 0 Å². The Balaban J connectivity index is 3.05. The van der Waals surface area contributed by atoms with E-state index in [1.807, 2.05) is 0 Å². The predicted octanol–water partition coefficient (Wildman–Crippen LogP) is 0.881. The molecule has 1 aromatic carbocycles. The quantitative estimate of drug-likeness (QED) is 0.433. The molecule has 0 heterocycles. The molecule has 0 aliphatic heterocycles. The highest BCUT2D eigenvalue weighted by molar-refractivity contribution is 5.83. The van der Waals surface area contributed by atoms with Crippen LogP contribution in [0.1, 0.15) is 11.1 Å². The SMILES string of the molecule is Cc1c(F)cc(F)cc1C=NN=C(N)N. The van der Waals surface area contributed by atoms with Gasteiger partial charge in [-0.1, -0.05) is 0 Å². The van der Waals surface area contributed by atoms with Crippen LogP contribution in [0.3, 0.4) is 0 Å². The Morgan fingerprint density at radius 2 is 2.00 bits per heavy atom. The Hall–Kier alpha value is -1.98. The molecule has 0 aromatic heterocycles. The minimum Gasteiger partial charge on any atom is -0.369 e. The summed E-state index contributed by atoms with van der Waals surface area (Å²) in [6.45, 7) is 1.51. The smallest absolute Gasteiger partial charge is 0.211 e. The van der Waals surface area contributed by atoms with Gasteiger partial charge in [-0.05, 0) is 18.6 Å². The maximum Gasteiger partial charge on any atom is 0.211 e. The Bertz CT molecular complexity index is 422. The molecule has 0 spiro atoms. The molecule has 0 aliphatic carbocycles. The van der Waals surface area contributed by atoms with Gasteiger partial charge in [0.2, 0.25) is 5.96 Å². The van der Waals surface area contributed by atoms with Gasteiger partial charge in [-0.25, -0.2) is 8.78 Å². The fourth-order valence-corrected chi connectivity index (χ4v) is 0.958. The van der Waals surface area contributed by atoms with E-state index in [4.69, 9.17) is 11.5 Å². The van der Waals surface area contributed by atoms with E-state index in [-0.39, 0.29) is 17.1 Å². The number of hydrogen-bond acceptors (Lipinski definition) is 2. The molecule has 15 heavy (non-hydrogen) atoms. The standard InChI is InChI=1S/C9H10F2N4/c1-5-6(4-14-15-9(12)13)2-7(10)3-8(5)11/h2-4H,1H3,(H4,12,13,15). The van der Waals surface area contributed by atoms with Gasteiger partial charge >= 0.3 is 0 Å². The van der Waals surface area contributed by atoms with Crippen molar-refractivity contribution < 1.29 is 8.78 Å². The summed E-state index contributed by atoms with van der Waals surface area (Å²) in [6, 6.07) is 1.94. The molecule has 80 valence electrons. The highest BCUT2D eigenvalue weighted by Crippen LogP contribution is 2.13. The Kier molecular flexibility index (Phi) is 3.33. The van der Waals surface area contributed by atoms with Gasteiger partial charge in [0, 0.05) is 11.6 Å². The van der Waals surface area contributed by atoms with E-state index >= 15 is 0 Å². The minimum absolute atomic E-state index is 0.222. The van der Waals surface area contributed by atoms with Crippen molar-refractivity contribution in [3.63, 3.8) is 0 Å². The molecule has 1 rings (SSSR count). The fourth-order valence-electron chi connectivity index (χ4n) is 0.958. The van der Waals surface area contributed by atoms with E-state index in [9.17, 15) is 8.78 Å². The summed E-state index contributed by atoms with van der Waals surface area (Å²) in [7, 11) is 0. The first-order chi connectivity index (χ1) is 7.00. The van der Waals surface area contributed by atoms with Gasteiger partial charge < -0.3 is 11.5 Å². The van der Waals surface area contributed by atoms with Crippen LogP contribution < -0.4 is 11.5 Å². The zero-order valence-electron chi connectivity index (χ0n) is 8.04. The molecule has 0 unspecified atom stereocenters. The van der Waals surface area contributed by atoms with Gasteiger partial charge in [-0.2, -0.15) is 5.10 Å². The highest BCUT2D eigenvalue weighted by atomic mass is 19.1. The molecule has 0 radical (unpaired) electrons. The molecule has 0 bridgehead atoms. The average Bonchev–Trinajstić information content (AvgIpc) is 2.12. The van der Waals surface area contributed by atoms with Crippen molar-refractivity contribution in [3.05, 3.63) is 34.9 Å². The third kappa shape index (κ3) is 3.01. The van der Waals surface area contributed by atoms with Crippen molar-refractivity contribution in [2.45, 2.75) is 6.92 Å². The van der Waals surface area contributed by atoms with Crippen molar-refractivity contribution in [2.75, 3.05) is 0 Å². The Labute approximate surface area is 85.3 Å². The van der Waals surface area contributed by atoms with Crippen molar-refractivity contribution in [2.24, 2.45) is 21.7 Å². The highest BCUT2D eigenvalue weighted by Gasteiger charge is 2.04. The largest absolute Gasteiger partial charge is 0.369 e. The molecule has 4 N–H and O–H groups in total. The Morgan fingerprint density at radius 3 is 2.60 bits per heavy atom. The third-order valence-electron chi connectivity index (χ3n) is 1.72. The van der Waals surface area contributed by atoms with Gasteiger partial charge in [0.05, 0.1) is 6.21 Å². The summed E-state index contributed by atoms with van der Waals surface area (Å²) in [5, 5.41) is 6.78. The molecular formula is C9H10F2N4. The van der Waals surface area contributed by atoms with Gasteiger partial charge in [-0.3, -0.25) is 0 Å². The van der Waals surface area contributed by atoms with Crippen molar-refractivity contribution >= 4 is 12.2 Å². The normalized spacial score (nSPS) is 10.6. The van der Waals surface area contributed by atoms with E-state index in [1.165, 1.54) is 13.1 Å². The summed E-state index contributed by atoms with van der Waals surface area (Å²) in [4.78, 5) is 0. The van der Waals surface area contributed by atoms with Gasteiger partial charge in [0.25, 0.3) is 0 Å². The summed E-state index contributed by atoms with van der Waals surface area (Å²) >= 11 is 0. The average molecular weight is 212 g/mol. The summed E-state index contributed by atoms with van der Waals surface area (Å²) in [5.41, 5.74) is 10.6. The van der Waals surface area contributed by atoms with Crippen LogP contribution >= 0.6 is 0 Å². The number of rotatable bonds is 2. The van der Waals surface area contributed by atoms with Crippen LogP contribution in [0.5, 0.6) is 0 Å². The third-order valence-corrected chi connectivity index (χ3v) is 1.72. The first kappa shape index (κ1) is 11.1. The van der Waals surface area contributed by atoms with Crippen LogP contribution in [-0.4, -0.2) is 12.2 Å². The summed E-state index contributed by atoms with van der Waals surface area (Å²) in [5.74, 6) is -1.54. The van der Waals surface area contributed by atoms with Gasteiger partial charge in [0.15, 0.2) is 0 Å². The van der Waals surface area contributed by atoms with E-state index in [0.717, 1.165) is 12.1 Å². The van der Waals surface area contributed by atoms with E-state index in [1.54, 1.807) is 0 Å². The molecule has 1 aromatic rings. The topological polar surface area (TPSA) is 76.8 Å². The molecule has 0 saturated carbocycles. The van der Waals surface area contributed by atoms with Crippen LogP contribution in [0.4, 0.5) is 8.78 Å². The van der Waals surface area contributed by atoms with Crippen LogP contribution in [-0.2, 0) is 0 Å². The van der Waals surface area contributed by atoms with Crippen LogP contribution in [0, 0.1) is 18.6 Å². The first-order valence-corrected chi connectivity index (χ1v) is 4.08.